The lowest BCUT2D eigenvalue weighted by Gasteiger charge is -2.22. The SMILES string of the molecule is C=C(C)C(Cc1ccc(CN(CC)CC(F)(F)F)cc1C)C(=O)OC.CC(C)(C)OCO. The van der Waals surface area contributed by atoms with E-state index in [-0.39, 0.29) is 24.9 Å². The number of aliphatic hydroxyl groups excluding tert-OH is 1. The van der Waals surface area contributed by atoms with E-state index in [0.717, 1.165) is 22.3 Å². The van der Waals surface area contributed by atoms with E-state index in [1.54, 1.807) is 13.8 Å². The van der Waals surface area contributed by atoms with Crippen molar-refractivity contribution in [1.29, 1.82) is 0 Å². The normalized spacial score (nSPS) is 12.8. The summed E-state index contributed by atoms with van der Waals surface area (Å²) in [6.07, 6.45) is -3.74. The van der Waals surface area contributed by atoms with Crippen LogP contribution in [0.4, 0.5) is 13.2 Å². The molecular weight excluding hydrogens is 423 g/mol. The predicted octanol–water partition coefficient (Wildman–Crippen LogP) is 5.04. The number of rotatable bonds is 9. The van der Waals surface area contributed by atoms with Crippen molar-refractivity contribution in [3.8, 4) is 0 Å². The molecule has 0 spiro atoms. The minimum absolute atomic E-state index is 0.191. The van der Waals surface area contributed by atoms with Crippen molar-refractivity contribution in [2.75, 3.05) is 27.0 Å². The molecule has 0 bridgehead atoms. The lowest BCUT2D eigenvalue weighted by atomic mass is 9.91. The monoisotopic (exact) mass is 461 g/mol. The number of alkyl halides is 3. The van der Waals surface area contributed by atoms with Crippen LogP contribution in [0.25, 0.3) is 0 Å². The van der Waals surface area contributed by atoms with Gasteiger partial charge in [-0.3, -0.25) is 9.69 Å². The maximum Gasteiger partial charge on any atom is 0.401 e. The topological polar surface area (TPSA) is 59.0 Å². The summed E-state index contributed by atoms with van der Waals surface area (Å²) in [5, 5.41) is 8.18. The highest BCUT2D eigenvalue weighted by molar-refractivity contribution is 5.75. The Labute approximate surface area is 190 Å². The molecule has 1 rings (SSSR count). The smallest absolute Gasteiger partial charge is 0.401 e. The van der Waals surface area contributed by atoms with Crippen molar-refractivity contribution in [1.82, 2.24) is 4.90 Å². The standard InChI is InChI=1S/C19H26F3NO2.C5H12O2/c1-6-23(12-19(20,21)22)11-15-7-8-16(14(4)9-15)10-17(13(2)3)18(24)25-5;1-5(2,3)7-4-6/h7-9,17H,2,6,10-12H2,1,3-5H3;6H,4H2,1-3H3. The number of hydrogen-bond acceptors (Lipinski definition) is 5. The van der Waals surface area contributed by atoms with Gasteiger partial charge in [-0.2, -0.15) is 13.2 Å². The number of carbonyl (C=O) groups excluding carboxylic acids is 1. The van der Waals surface area contributed by atoms with E-state index in [4.69, 9.17) is 14.6 Å². The largest absolute Gasteiger partial charge is 0.469 e. The van der Waals surface area contributed by atoms with Gasteiger partial charge in [0, 0.05) is 6.54 Å². The summed E-state index contributed by atoms with van der Waals surface area (Å²) in [4.78, 5) is 13.2. The molecule has 1 aromatic rings. The summed E-state index contributed by atoms with van der Waals surface area (Å²) in [7, 11) is 1.34. The van der Waals surface area contributed by atoms with E-state index in [0.29, 0.717) is 13.0 Å². The number of halogens is 3. The van der Waals surface area contributed by atoms with Crippen molar-refractivity contribution in [3.05, 3.63) is 47.0 Å². The van der Waals surface area contributed by atoms with Crippen LogP contribution in [0.15, 0.2) is 30.4 Å². The number of nitrogens with zero attached hydrogens (tertiary/aromatic N) is 1. The van der Waals surface area contributed by atoms with Gasteiger partial charge in [0.15, 0.2) is 0 Å². The van der Waals surface area contributed by atoms with E-state index in [1.807, 2.05) is 45.9 Å². The van der Waals surface area contributed by atoms with E-state index < -0.39 is 18.6 Å². The summed E-state index contributed by atoms with van der Waals surface area (Å²) < 4.78 is 47.3. The highest BCUT2D eigenvalue weighted by Gasteiger charge is 2.30. The molecule has 5 nitrogen and oxygen atoms in total. The molecule has 8 heteroatoms. The minimum Gasteiger partial charge on any atom is -0.469 e. The highest BCUT2D eigenvalue weighted by atomic mass is 19.4. The first-order chi connectivity index (χ1) is 14.6. The lowest BCUT2D eigenvalue weighted by molar-refractivity contribution is -0.146. The first kappa shape index (κ1) is 30.1. The van der Waals surface area contributed by atoms with Crippen LogP contribution in [0.1, 0.15) is 51.3 Å². The third-order valence-corrected chi connectivity index (χ3v) is 4.67. The number of aryl methyl sites for hydroxylation is 1. The fourth-order valence-electron chi connectivity index (χ4n) is 2.89. The fraction of sp³-hybridized carbons (Fsp3) is 0.625. The molecule has 0 aliphatic heterocycles. The van der Waals surface area contributed by atoms with Gasteiger partial charge in [-0.25, -0.2) is 0 Å². The maximum absolute atomic E-state index is 12.6. The molecule has 1 aromatic carbocycles. The van der Waals surface area contributed by atoms with Crippen molar-refractivity contribution < 1.29 is 32.5 Å². The summed E-state index contributed by atoms with van der Waals surface area (Å²) in [6.45, 7) is 14.3. The van der Waals surface area contributed by atoms with Gasteiger partial charge in [-0.15, -0.1) is 0 Å². The van der Waals surface area contributed by atoms with Gasteiger partial charge in [0.1, 0.15) is 6.79 Å². The van der Waals surface area contributed by atoms with Crippen LogP contribution in [0.2, 0.25) is 0 Å². The van der Waals surface area contributed by atoms with E-state index in [9.17, 15) is 18.0 Å². The number of hydrogen-bond donors (Lipinski definition) is 1. The van der Waals surface area contributed by atoms with Gasteiger partial charge in [0.05, 0.1) is 25.2 Å². The van der Waals surface area contributed by atoms with Crippen LogP contribution < -0.4 is 0 Å². The van der Waals surface area contributed by atoms with Crippen molar-refractivity contribution in [2.24, 2.45) is 5.92 Å². The van der Waals surface area contributed by atoms with E-state index in [1.165, 1.54) is 12.0 Å². The molecule has 32 heavy (non-hydrogen) atoms. The van der Waals surface area contributed by atoms with Gasteiger partial charge >= 0.3 is 12.1 Å². The van der Waals surface area contributed by atoms with Crippen LogP contribution in [-0.4, -0.2) is 54.7 Å². The third kappa shape index (κ3) is 12.8. The van der Waals surface area contributed by atoms with Crippen molar-refractivity contribution in [3.63, 3.8) is 0 Å². The molecule has 1 N–H and O–H groups in total. The predicted molar refractivity (Wildman–Crippen MR) is 120 cm³/mol. The van der Waals surface area contributed by atoms with Gasteiger partial charge in [0.2, 0.25) is 0 Å². The van der Waals surface area contributed by atoms with Crippen LogP contribution in [-0.2, 0) is 27.2 Å². The Balaban J connectivity index is 0.00000118. The number of aliphatic hydroxyl groups is 1. The number of esters is 1. The summed E-state index contributed by atoms with van der Waals surface area (Å²) in [6, 6.07) is 5.56. The molecular formula is C24H38F3NO4. The summed E-state index contributed by atoms with van der Waals surface area (Å²) >= 11 is 0. The Hall–Kier alpha value is -1.90. The molecule has 0 amide bonds. The molecule has 0 aromatic heterocycles. The summed E-state index contributed by atoms with van der Waals surface area (Å²) in [5.74, 6) is -0.759. The first-order valence-electron chi connectivity index (χ1n) is 10.5. The third-order valence-electron chi connectivity index (χ3n) is 4.67. The highest BCUT2D eigenvalue weighted by Crippen LogP contribution is 2.22. The zero-order chi connectivity index (χ0) is 25.1. The zero-order valence-electron chi connectivity index (χ0n) is 20.3. The Bertz CT molecular complexity index is 727. The van der Waals surface area contributed by atoms with Gasteiger partial charge in [0.25, 0.3) is 0 Å². The number of ether oxygens (including phenoxy) is 2. The van der Waals surface area contributed by atoms with Crippen LogP contribution >= 0.6 is 0 Å². The quantitative estimate of drug-likeness (QED) is 0.317. The summed E-state index contributed by atoms with van der Waals surface area (Å²) in [5.41, 5.74) is 3.24. The Morgan fingerprint density at radius 2 is 1.84 bits per heavy atom. The van der Waals surface area contributed by atoms with Gasteiger partial charge in [-0.05, 0) is 64.3 Å². The van der Waals surface area contributed by atoms with Crippen LogP contribution in [0, 0.1) is 12.8 Å². The van der Waals surface area contributed by atoms with Gasteiger partial charge < -0.3 is 14.6 Å². The maximum atomic E-state index is 12.6. The second-order valence-electron chi connectivity index (χ2n) is 8.69. The fourth-order valence-corrected chi connectivity index (χ4v) is 2.89. The molecule has 0 radical (unpaired) electrons. The molecule has 0 aliphatic carbocycles. The van der Waals surface area contributed by atoms with Crippen molar-refractivity contribution >= 4 is 5.97 Å². The van der Waals surface area contributed by atoms with E-state index in [2.05, 4.69) is 6.58 Å². The second kappa shape index (κ2) is 13.6. The average Bonchev–Trinajstić information content (AvgIpc) is 2.64. The molecule has 184 valence electrons. The molecule has 0 saturated heterocycles. The minimum atomic E-state index is -4.21. The van der Waals surface area contributed by atoms with Crippen molar-refractivity contribution in [2.45, 2.75) is 66.3 Å². The molecule has 0 aliphatic rings. The molecule has 0 saturated carbocycles. The average molecular weight is 462 g/mol. The molecule has 0 heterocycles. The van der Waals surface area contributed by atoms with E-state index >= 15 is 0 Å². The zero-order valence-corrected chi connectivity index (χ0v) is 20.3. The first-order valence-corrected chi connectivity index (χ1v) is 10.5. The van der Waals surface area contributed by atoms with Crippen LogP contribution in [0.3, 0.4) is 0 Å². The number of carbonyl (C=O) groups is 1. The molecule has 1 atom stereocenters. The van der Waals surface area contributed by atoms with Gasteiger partial charge in [-0.1, -0.05) is 37.3 Å². The Kier molecular flexibility index (Phi) is 12.8. The lowest BCUT2D eigenvalue weighted by Crippen LogP contribution is -2.33. The molecule has 0 fully saturated rings. The molecule has 1 unspecified atom stereocenters. The number of benzene rings is 1. The van der Waals surface area contributed by atoms with Crippen LogP contribution in [0.5, 0.6) is 0 Å². The Morgan fingerprint density at radius 3 is 2.19 bits per heavy atom. The Morgan fingerprint density at radius 1 is 1.25 bits per heavy atom. The number of methoxy groups -OCH3 is 1. The second-order valence-corrected chi connectivity index (χ2v) is 8.69.